The number of sulfone groups is 1. The van der Waals surface area contributed by atoms with Gasteiger partial charge in [-0.05, 0) is 31.9 Å². The maximum Gasteiger partial charge on any atom is 0.198 e. The molecular formula is C13H17NO2S. The fraction of sp³-hybridized carbons (Fsp3) is 0.538. The number of nitrogens with one attached hydrogen (secondary N) is 1. The largest absolute Gasteiger partial charge is 0.291 e. The molecule has 2 aliphatic rings. The van der Waals surface area contributed by atoms with Crippen molar-refractivity contribution in [3.8, 4) is 0 Å². The van der Waals surface area contributed by atoms with Gasteiger partial charge in [-0.1, -0.05) is 30.5 Å². The molecule has 0 radical (unpaired) electrons. The molecule has 2 fully saturated rings. The van der Waals surface area contributed by atoms with E-state index >= 15 is 0 Å². The van der Waals surface area contributed by atoms with E-state index in [9.17, 15) is 8.42 Å². The predicted octanol–water partition coefficient (Wildman–Crippen LogP) is 2.01. The van der Waals surface area contributed by atoms with Crippen LogP contribution in [-0.4, -0.2) is 19.3 Å². The molecule has 1 aromatic carbocycles. The molecule has 92 valence electrons. The summed E-state index contributed by atoms with van der Waals surface area (Å²) in [5.41, 5.74) is 1.09. The van der Waals surface area contributed by atoms with Gasteiger partial charge in [0.25, 0.3) is 0 Å². The Morgan fingerprint density at radius 3 is 2.59 bits per heavy atom. The van der Waals surface area contributed by atoms with Crippen molar-refractivity contribution in [3.63, 3.8) is 0 Å². The minimum Gasteiger partial charge on any atom is -0.291 e. The monoisotopic (exact) mass is 251 g/mol. The maximum atomic E-state index is 12.6. The molecule has 17 heavy (non-hydrogen) atoms. The molecule has 4 heteroatoms. The average molecular weight is 251 g/mol. The molecule has 3 rings (SSSR count). The van der Waals surface area contributed by atoms with E-state index in [2.05, 4.69) is 5.32 Å². The Morgan fingerprint density at radius 1 is 1.24 bits per heavy atom. The quantitative estimate of drug-likeness (QED) is 0.818. The van der Waals surface area contributed by atoms with E-state index in [0.717, 1.165) is 31.2 Å². The van der Waals surface area contributed by atoms with Gasteiger partial charge in [0.2, 0.25) is 0 Å². The van der Waals surface area contributed by atoms with E-state index in [1.54, 1.807) is 12.1 Å². The van der Waals surface area contributed by atoms with Crippen molar-refractivity contribution in [2.75, 3.05) is 0 Å². The van der Waals surface area contributed by atoms with Crippen LogP contribution in [0.25, 0.3) is 0 Å². The first-order valence-corrected chi connectivity index (χ1v) is 7.64. The first kappa shape index (κ1) is 11.2. The first-order valence-electron chi connectivity index (χ1n) is 6.15. The van der Waals surface area contributed by atoms with Gasteiger partial charge < -0.3 is 0 Å². The molecule has 1 aliphatic heterocycles. The third kappa shape index (κ3) is 1.54. The summed E-state index contributed by atoms with van der Waals surface area (Å²) in [4.78, 5) is -0.180. The Bertz CT molecular complexity index is 535. The van der Waals surface area contributed by atoms with E-state index in [1.165, 1.54) is 0 Å². The summed E-state index contributed by atoms with van der Waals surface area (Å²) in [6.07, 6.45) is 3.90. The third-order valence-electron chi connectivity index (χ3n) is 4.00. The van der Waals surface area contributed by atoms with Crippen molar-refractivity contribution < 1.29 is 8.42 Å². The van der Waals surface area contributed by atoms with Crippen molar-refractivity contribution in [2.24, 2.45) is 0 Å². The molecule has 1 heterocycles. The Labute approximate surface area is 102 Å². The first-order chi connectivity index (χ1) is 8.06. The van der Waals surface area contributed by atoms with Crippen molar-refractivity contribution in [1.29, 1.82) is 0 Å². The molecule has 3 nitrogen and oxygen atoms in total. The van der Waals surface area contributed by atoms with Gasteiger partial charge in [-0.15, -0.1) is 0 Å². The third-order valence-corrected chi connectivity index (χ3v) is 6.46. The van der Waals surface area contributed by atoms with Gasteiger partial charge in [0.15, 0.2) is 9.84 Å². The molecule has 1 N–H and O–H groups in total. The second kappa shape index (κ2) is 3.56. The highest BCUT2D eigenvalue weighted by Gasteiger charge is 2.63. The van der Waals surface area contributed by atoms with Gasteiger partial charge in [0.1, 0.15) is 4.87 Å². The molecule has 2 unspecified atom stereocenters. The smallest absolute Gasteiger partial charge is 0.198 e. The van der Waals surface area contributed by atoms with Gasteiger partial charge in [-0.3, -0.25) is 5.32 Å². The molecule has 2 atom stereocenters. The molecule has 0 aromatic heterocycles. The van der Waals surface area contributed by atoms with Crippen LogP contribution in [0.15, 0.2) is 29.2 Å². The zero-order valence-corrected chi connectivity index (χ0v) is 10.8. The van der Waals surface area contributed by atoms with E-state index in [0.29, 0.717) is 4.90 Å². The molecule has 0 amide bonds. The highest BCUT2D eigenvalue weighted by atomic mass is 32.2. The lowest BCUT2D eigenvalue weighted by Gasteiger charge is -2.20. The van der Waals surface area contributed by atoms with Gasteiger partial charge in [0.05, 0.1) is 4.90 Å². The van der Waals surface area contributed by atoms with Crippen molar-refractivity contribution in [3.05, 3.63) is 29.8 Å². The molecule has 1 saturated carbocycles. The summed E-state index contributed by atoms with van der Waals surface area (Å²) in [6, 6.07) is 7.37. The van der Waals surface area contributed by atoms with Gasteiger partial charge in [-0.2, -0.15) is 0 Å². The summed E-state index contributed by atoms with van der Waals surface area (Å²) in [5.74, 6) is 0. The zero-order valence-electron chi connectivity index (χ0n) is 9.94. The summed E-state index contributed by atoms with van der Waals surface area (Å²) in [6.45, 7) is 1.97. The SMILES string of the molecule is Cc1ccc(S(=O)(=O)C23CCCCC2N3)cc1. The van der Waals surface area contributed by atoms with Crippen LogP contribution in [0.5, 0.6) is 0 Å². The molecule has 0 bridgehead atoms. The van der Waals surface area contributed by atoms with Crippen LogP contribution < -0.4 is 5.32 Å². The van der Waals surface area contributed by atoms with E-state index in [-0.39, 0.29) is 6.04 Å². The Hall–Kier alpha value is -0.870. The minimum atomic E-state index is -3.22. The lowest BCUT2D eigenvalue weighted by molar-refractivity contribution is 0.506. The average Bonchev–Trinajstić information content (AvgIpc) is 3.05. The molecule has 1 saturated heterocycles. The highest BCUT2D eigenvalue weighted by Crippen LogP contribution is 2.46. The van der Waals surface area contributed by atoms with Crippen LogP contribution in [0.4, 0.5) is 0 Å². The van der Waals surface area contributed by atoms with E-state index in [4.69, 9.17) is 0 Å². The molecule has 1 aliphatic carbocycles. The zero-order chi connectivity index (χ0) is 12.1. The summed E-state index contributed by atoms with van der Waals surface area (Å²) in [7, 11) is -3.22. The van der Waals surface area contributed by atoms with Crippen LogP contribution in [0.1, 0.15) is 31.2 Å². The Kier molecular flexibility index (Phi) is 2.35. The van der Waals surface area contributed by atoms with Crippen LogP contribution in [0.3, 0.4) is 0 Å². The number of aryl methyl sites for hydroxylation is 1. The minimum absolute atomic E-state index is 0.183. The fourth-order valence-corrected chi connectivity index (χ4v) is 4.99. The number of hydrogen-bond donors (Lipinski definition) is 1. The standard InChI is InChI=1S/C13H17NO2S/c1-10-5-7-11(8-6-10)17(15,16)13-9-3-2-4-12(13)14-13/h5-8,12,14H,2-4,9H2,1H3. The van der Waals surface area contributed by atoms with Crippen LogP contribution in [0, 0.1) is 6.92 Å². The number of benzene rings is 1. The van der Waals surface area contributed by atoms with Gasteiger partial charge in [0, 0.05) is 6.04 Å². The van der Waals surface area contributed by atoms with Crippen molar-refractivity contribution in [2.45, 2.75) is 48.4 Å². The summed E-state index contributed by atoms with van der Waals surface area (Å²) in [5, 5.41) is 3.21. The van der Waals surface area contributed by atoms with Crippen LogP contribution in [0.2, 0.25) is 0 Å². The normalized spacial score (nSPS) is 31.9. The lowest BCUT2D eigenvalue weighted by atomic mass is 10.0. The van der Waals surface area contributed by atoms with Crippen molar-refractivity contribution >= 4 is 9.84 Å². The van der Waals surface area contributed by atoms with Crippen LogP contribution >= 0.6 is 0 Å². The summed E-state index contributed by atoms with van der Waals surface area (Å²) < 4.78 is 25.2. The maximum absolute atomic E-state index is 12.6. The molecule has 1 aromatic rings. The topological polar surface area (TPSA) is 56.1 Å². The number of hydrogen-bond acceptors (Lipinski definition) is 3. The Balaban J connectivity index is 1.99. The lowest BCUT2D eigenvalue weighted by Crippen LogP contribution is -2.31. The fourth-order valence-electron chi connectivity index (χ4n) is 2.87. The second-order valence-electron chi connectivity index (χ2n) is 5.15. The van der Waals surface area contributed by atoms with E-state index in [1.807, 2.05) is 19.1 Å². The molecular weight excluding hydrogens is 234 g/mol. The second-order valence-corrected chi connectivity index (χ2v) is 7.36. The molecule has 0 spiro atoms. The Morgan fingerprint density at radius 2 is 1.94 bits per heavy atom. The predicted molar refractivity (Wildman–Crippen MR) is 66.5 cm³/mol. The van der Waals surface area contributed by atoms with E-state index < -0.39 is 14.7 Å². The number of fused-ring (bicyclic) bond motifs is 1. The van der Waals surface area contributed by atoms with Gasteiger partial charge in [-0.25, -0.2) is 8.42 Å². The summed E-state index contributed by atoms with van der Waals surface area (Å²) >= 11 is 0. The highest BCUT2D eigenvalue weighted by molar-refractivity contribution is 7.93. The van der Waals surface area contributed by atoms with Gasteiger partial charge >= 0.3 is 0 Å². The van der Waals surface area contributed by atoms with Crippen molar-refractivity contribution in [1.82, 2.24) is 5.32 Å². The van der Waals surface area contributed by atoms with Crippen LogP contribution in [-0.2, 0) is 9.84 Å². The number of rotatable bonds is 2.